The molecule has 1 fully saturated rings. The van der Waals surface area contributed by atoms with Gasteiger partial charge in [0.2, 0.25) is 15.8 Å². The second-order valence-electron chi connectivity index (χ2n) is 8.83. The predicted molar refractivity (Wildman–Crippen MR) is 111 cm³/mol. The monoisotopic (exact) mass is 460 g/mol. The van der Waals surface area contributed by atoms with Crippen molar-refractivity contribution in [3.8, 4) is 11.4 Å². The lowest BCUT2D eigenvalue weighted by Crippen LogP contribution is -2.42. The summed E-state index contributed by atoms with van der Waals surface area (Å²) in [7, 11) is -3.36. The highest BCUT2D eigenvalue weighted by atomic mass is 32.2. The van der Waals surface area contributed by atoms with E-state index >= 15 is 0 Å². The molecule has 0 radical (unpaired) electrons. The van der Waals surface area contributed by atoms with Crippen molar-refractivity contribution in [2.24, 2.45) is 5.92 Å². The van der Waals surface area contributed by atoms with Crippen molar-refractivity contribution >= 4 is 16.0 Å². The topological polar surface area (TPSA) is 97.1 Å². The molecular weight excluding hydrogens is 433 g/mol. The Hall–Kier alpha value is -2.14. The maximum atomic E-state index is 12.9. The van der Waals surface area contributed by atoms with Crippen molar-refractivity contribution in [3.05, 3.63) is 29.8 Å². The molecule has 7 nitrogen and oxygen atoms in total. The minimum atomic E-state index is -4.44. The third-order valence-electron chi connectivity index (χ3n) is 5.42. The zero-order valence-electron chi connectivity index (χ0n) is 17.7. The number of anilines is 1. The van der Waals surface area contributed by atoms with E-state index in [9.17, 15) is 21.6 Å². The highest BCUT2D eigenvalue weighted by molar-refractivity contribution is 7.90. The maximum absolute atomic E-state index is 12.9. The van der Waals surface area contributed by atoms with Gasteiger partial charge in [-0.05, 0) is 64.5 Å². The fraction of sp³-hybridized carbons (Fsp3) is 0.600. The Morgan fingerprint density at radius 3 is 2.42 bits per heavy atom. The minimum absolute atomic E-state index is 0.0743. The molecule has 1 saturated carbocycles. The van der Waals surface area contributed by atoms with Gasteiger partial charge in [-0.1, -0.05) is 17.3 Å². The van der Waals surface area contributed by atoms with E-state index in [0.29, 0.717) is 6.54 Å². The molecule has 172 valence electrons. The van der Waals surface area contributed by atoms with Crippen molar-refractivity contribution in [1.82, 2.24) is 14.9 Å². The molecule has 1 aromatic heterocycles. The highest BCUT2D eigenvalue weighted by Gasteiger charge is 2.32. The van der Waals surface area contributed by atoms with E-state index in [1.165, 1.54) is 12.1 Å². The third kappa shape index (κ3) is 5.97. The molecule has 2 aromatic rings. The summed E-state index contributed by atoms with van der Waals surface area (Å²) in [5, 5.41) is 6.91. The van der Waals surface area contributed by atoms with Gasteiger partial charge >= 0.3 is 12.2 Å². The van der Waals surface area contributed by atoms with Gasteiger partial charge < -0.3 is 9.84 Å². The number of benzene rings is 1. The SMILES string of the molecule is CC(C)(C)S(=O)(=O)NC[C@H]1CC[C@H](Nc2nc(-c3cccc(C(F)(F)F)c3)no2)CC1. The van der Waals surface area contributed by atoms with Crippen LogP contribution < -0.4 is 10.0 Å². The molecule has 1 aliphatic carbocycles. The molecular formula is C20H27F3N4O3S. The van der Waals surface area contributed by atoms with Crippen LogP contribution in [0.15, 0.2) is 28.8 Å². The van der Waals surface area contributed by atoms with Gasteiger partial charge in [0.15, 0.2) is 0 Å². The van der Waals surface area contributed by atoms with Gasteiger partial charge in [-0.3, -0.25) is 0 Å². The largest absolute Gasteiger partial charge is 0.416 e. The van der Waals surface area contributed by atoms with Crippen LogP contribution in [0, 0.1) is 5.92 Å². The zero-order valence-corrected chi connectivity index (χ0v) is 18.5. The van der Waals surface area contributed by atoms with Gasteiger partial charge in [0.1, 0.15) is 0 Å². The van der Waals surface area contributed by atoms with Crippen LogP contribution >= 0.6 is 0 Å². The number of halogens is 3. The number of alkyl halides is 3. The molecule has 1 aromatic carbocycles. The zero-order chi connectivity index (χ0) is 22.9. The number of sulfonamides is 1. The lowest BCUT2D eigenvalue weighted by molar-refractivity contribution is -0.137. The van der Waals surface area contributed by atoms with E-state index < -0.39 is 26.5 Å². The molecule has 0 saturated heterocycles. The number of nitrogens with one attached hydrogen (secondary N) is 2. The van der Waals surface area contributed by atoms with Crippen LogP contribution in [0.5, 0.6) is 0 Å². The van der Waals surface area contributed by atoms with E-state index in [1.54, 1.807) is 20.8 Å². The summed E-state index contributed by atoms with van der Waals surface area (Å²) in [6.45, 7) is 5.39. The van der Waals surface area contributed by atoms with Gasteiger partial charge in [0, 0.05) is 18.2 Å². The maximum Gasteiger partial charge on any atom is 0.416 e. The first-order chi connectivity index (χ1) is 14.3. The summed E-state index contributed by atoms with van der Waals surface area (Å²) < 4.78 is 70.1. The minimum Gasteiger partial charge on any atom is -0.335 e. The Kier molecular flexibility index (Phi) is 6.66. The van der Waals surface area contributed by atoms with Crippen molar-refractivity contribution in [2.75, 3.05) is 11.9 Å². The van der Waals surface area contributed by atoms with Crippen LogP contribution in [0.3, 0.4) is 0 Å². The Balaban J connectivity index is 1.53. The van der Waals surface area contributed by atoms with E-state index in [2.05, 4.69) is 20.2 Å². The summed E-state index contributed by atoms with van der Waals surface area (Å²) in [6, 6.07) is 5.00. The molecule has 0 amide bonds. The second kappa shape index (κ2) is 8.78. The van der Waals surface area contributed by atoms with E-state index in [-0.39, 0.29) is 29.4 Å². The van der Waals surface area contributed by atoms with Gasteiger partial charge in [-0.25, -0.2) is 13.1 Å². The molecule has 0 unspecified atom stereocenters. The molecule has 2 N–H and O–H groups in total. The molecule has 31 heavy (non-hydrogen) atoms. The second-order valence-corrected chi connectivity index (χ2v) is 11.3. The fourth-order valence-corrected chi connectivity index (χ4v) is 4.25. The molecule has 0 spiro atoms. The van der Waals surface area contributed by atoms with Crippen LogP contribution in [0.2, 0.25) is 0 Å². The first-order valence-corrected chi connectivity index (χ1v) is 11.6. The third-order valence-corrected chi connectivity index (χ3v) is 7.58. The first-order valence-electron chi connectivity index (χ1n) is 10.1. The quantitative estimate of drug-likeness (QED) is 0.661. The average Bonchev–Trinajstić information content (AvgIpc) is 3.15. The Morgan fingerprint density at radius 1 is 1.13 bits per heavy atom. The fourth-order valence-electron chi connectivity index (χ4n) is 3.36. The summed E-state index contributed by atoms with van der Waals surface area (Å²) in [5.41, 5.74) is -0.550. The summed E-state index contributed by atoms with van der Waals surface area (Å²) in [6.07, 6.45) is -1.19. The average molecular weight is 461 g/mol. The van der Waals surface area contributed by atoms with Crippen LogP contribution in [-0.2, 0) is 16.2 Å². The Bertz CT molecular complexity index is 992. The number of rotatable bonds is 6. The van der Waals surface area contributed by atoms with Crippen molar-refractivity contribution in [1.29, 1.82) is 0 Å². The molecule has 0 atom stereocenters. The van der Waals surface area contributed by atoms with Crippen molar-refractivity contribution in [3.63, 3.8) is 0 Å². The van der Waals surface area contributed by atoms with E-state index in [1.807, 2.05) is 0 Å². The molecule has 0 aliphatic heterocycles. The van der Waals surface area contributed by atoms with Crippen LogP contribution in [0.25, 0.3) is 11.4 Å². The summed E-state index contributed by atoms with van der Waals surface area (Å²) >= 11 is 0. The summed E-state index contributed by atoms with van der Waals surface area (Å²) in [5.74, 6) is 0.331. The van der Waals surface area contributed by atoms with E-state index in [4.69, 9.17) is 4.52 Å². The van der Waals surface area contributed by atoms with Crippen molar-refractivity contribution in [2.45, 2.75) is 63.4 Å². The number of hydrogen-bond acceptors (Lipinski definition) is 6. The number of nitrogens with zero attached hydrogens (tertiary/aromatic N) is 2. The molecule has 1 aliphatic rings. The first kappa shape index (κ1) is 23.5. The van der Waals surface area contributed by atoms with E-state index in [0.717, 1.165) is 37.8 Å². The summed E-state index contributed by atoms with van der Waals surface area (Å²) in [4.78, 5) is 4.16. The van der Waals surface area contributed by atoms with Gasteiger partial charge in [-0.2, -0.15) is 18.2 Å². The van der Waals surface area contributed by atoms with Gasteiger partial charge in [0.05, 0.1) is 10.3 Å². The lowest BCUT2D eigenvalue weighted by Gasteiger charge is -2.29. The number of aromatic nitrogens is 2. The smallest absolute Gasteiger partial charge is 0.335 e. The molecule has 3 rings (SSSR count). The van der Waals surface area contributed by atoms with Crippen LogP contribution in [0.4, 0.5) is 19.2 Å². The molecule has 11 heteroatoms. The van der Waals surface area contributed by atoms with Crippen molar-refractivity contribution < 1.29 is 26.1 Å². The Morgan fingerprint density at radius 2 is 1.81 bits per heavy atom. The van der Waals surface area contributed by atoms with Crippen LogP contribution in [0.1, 0.15) is 52.0 Å². The van der Waals surface area contributed by atoms with Gasteiger partial charge in [0.25, 0.3) is 0 Å². The molecule has 1 heterocycles. The highest BCUT2D eigenvalue weighted by Crippen LogP contribution is 2.32. The standard InChI is InChI=1S/C20H27F3N4O3S/c1-19(2,3)31(28,29)24-12-13-7-9-16(10-8-13)25-18-26-17(27-30-18)14-5-4-6-15(11-14)20(21,22)23/h4-6,11,13,16,24H,7-10,12H2,1-3H3,(H,25,26,27)/t13-,16-. The predicted octanol–water partition coefficient (Wildman–Crippen LogP) is 4.44. The van der Waals surface area contributed by atoms with Gasteiger partial charge in [-0.15, -0.1) is 0 Å². The molecule has 0 bridgehead atoms. The Labute approximate surface area is 179 Å². The lowest BCUT2D eigenvalue weighted by atomic mass is 9.86. The number of hydrogen-bond donors (Lipinski definition) is 2. The normalized spacial score (nSPS) is 20.6. The van der Waals surface area contributed by atoms with Crippen LogP contribution in [-0.4, -0.2) is 35.9 Å².